The fraction of sp³-hybridized carbons (Fsp3) is 0.440. The molecule has 1 N–H and O–H groups in total. The van der Waals surface area contributed by atoms with E-state index in [0.29, 0.717) is 18.3 Å². The van der Waals surface area contributed by atoms with E-state index in [0.717, 1.165) is 47.8 Å². The van der Waals surface area contributed by atoms with Crippen LogP contribution in [0.2, 0.25) is 0 Å². The number of benzene rings is 1. The molecule has 1 aliphatic heterocycles. The topological polar surface area (TPSA) is 63.3 Å². The molecule has 0 radical (unpaired) electrons. The first-order valence-corrected chi connectivity index (χ1v) is 12.5. The van der Waals surface area contributed by atoms with Crippen LogP contribution in [0.15, 0.2) is 52.0 Å². The Hall–Kier alpha value is -2.51. The van der Waals surface area contributed by atoms with Gasteiger partial charge >= 0.3 is 0 Å². The molecule has 0 saturated heterocycles. The number of aromatic nitrogens is 2. The van der Waals surface area contributed by atoms with Crippen molar-refractivity contribution in [1.82, 2.24) is 20.0 Å². The predicted octanol–water partition coefficient (Wildman–Crippen LogP) is 4.85. The molecule has 0 spiro atoms. The van der Waals surface area contributed by atoms with Crippen LogP contribution in [0.3, 0.4) is 0 Å². The maximum atomic E-state index is 13.0. The Morgan fingerprint density at radius 3 is 2.91 bits per heavy atom. The molecule has 2 aliphatic rings. The van der Waals surface area contributed by atoms with Gasteiger partial charge in [-0.2, -0.15) is 5.10 Å². The Labute approximate surface area is 193 Å². The van der Waals surface area contributed by atoms with E-state index >= 15 is 0 Å². The van der Waals surface area contributed by atoms with Crippen LogP contribution in [0.25, 0.3) is 11.3 Å². The summed E-state index contributed by atoms with van der Waals surface area (Å²) in [4.78, 5) is 16.7. The lowest BCUT2D eigenvalue weighted by atomic mass is 10.1. The van der Waals surface area contributed by atoms with Crippen molar-refractivity contribution in [2.24, 2.45) is 7.05 Å². The van der Waals surface area contributed by atoms with E-state index < -0.39 is 0 Å². The minimum Gasteiger partial charge on any atom is -0.468 e. The highest BCUT2D eigenvalue weighted by Gasteiger charge is 2.27. The molecule has 0 atom stereocenters. The van der Waals surface area contributed by atoms with Crippen LogP contribution in [0, 0.1) is 0 Å². The second kappa shape index (κ2) is 9.55. The van der Waals surface area contributed by atoms with Crippen LogP contribution in [0.5, 0.6) is 0 Å². The highest BCUT2D eigenvalue weighted by molar-refractivity contribution is 7.98. The summed E-state index contributed by atoms with van der Waals surface area (Å²) in [6.45, 7) is 2.44. The van der Waals surface area contributed by atoms with E-state index in [1.165, 1.54) is 30.6 Å². The summed E-state index contributed by atoms with van der Waals surface area (Å²) in [7, 11) is 1.93. The number of furan rings is 1. The van der Waals surface area contributed by atoms with Gasteiger partial charge in [-0.25, -0.2) is 0 Å². The number of nitrogens with one attached hydrogen (secondary N) is 1. The van der Waals surface area contributed by atoms with Crippen LogP contribution in [0.1, 0.15) is 53.9 Å². The number of carbonyl (C=O) groups excluding carboxylic acids is 1. The molecule has 0 unspecified atom stereocenters. The molecule has 5 rings (SSSR count). The van der Waals surface area contributed by atoms with E-state index in [4.69, 9.17) is 4.42 Å². The Bertz CT molecular complexity index is 1070. The second-order valence-electron chi connectivity index (χ2n) is 8.68. The van der Waals surface area contributed by atoms with Gasteiger partial charge < -0.3 is 9.73 Å². The summed E-state index contributed by atoms with van der Waals surface area (Å²) in [6.07, 6.45) is 7.78. The molecule has 7 heteroatoms. The fourth-order valence-electron chi connectivity index (χ4n) is 4.99. The zero-order valence-electron chi connectivity index (χ0n) is 18.5. The number of amides is 1. The van der Waals surface area contributed by atoms with Crippen molar-refractivity contribution in [3.8, 4) is 11.3 Å². The number of rotatable bonds is 8. The third-order valence-corrected chi connectivity index (χ3v) is 7.66. The standard InChI is InChI=1S/C25H30N4O2S/c1-28-24-20-11-4-5-12-22(20)32-17-21(24)23(27-28)25(30)26-13-7-14-29(18-8-2-3-9-18)16-19-10-6-15-31-19/h4-6,10-12,15,18H,2-3,7-9,13-14,16-17H2,1H3,(H,26,30). The van der Waals surface area contributed by atoms with Crippen molar-refractivity contribution in [2.75, 3.05) is 13.1 Å². The number of hydrogen-bond acceptors (Lipinski definition) is 5. The van der Waals surface area contributed by atoms with E-state index in [2.05, 4.69) is 33.5 Å². The minimum atomic E-state index is -0.0692. The maximum Gasteiger partial charge on any atom is 0.272 e. The molecule has 1 aliphatic carbocycles. The Morgan fingerprint density at radius 2 is 2.09 bits per heavy atom. The van der Waals surface area contributed by atoms with Crippen LogP contribution >= 0.6 is 11.8 Å². The van der Waals surface area contributed by atoms with Crippen molar-refractivity contribution in [1.29, 1.82) is 0 Å². The van der Waals surface area contributed by atoms with E-state index in [9.17, 15) is 4.79 Å². The summed E-state index contributed by atoms with van der Waals surface area (Å²) in [6, 6.07) is 13.0. The third kappa shape index (κ3) is 4.36. The van der Waals surface area contributed by atoms with Crippen molar-refractivity contribution >= 4 is 17.7 Å². The van der Waals surface area contributed by atoms with Crippen LogP contribution in [-0.2, 0) is 19.3 Å². The molecule has 3 heterocycles. The van der Waals surface area contributed by atoms with Crippen LogP contribution < -0.4 is 5.32 Å². The number of carbonyl (C=O) groups is 1. The summed E-state index contributed by atoms with van der Waals surface area (Å²) < 4.78 is 7.44. The predicted molar refractivity (Wildman–Crippen MR) is 127 cm³/mol. The molecule has 168 valence electrons. The quantitative estimate of drug-likeness (QED) is 0.497. The first-order chi connectivity index (χ1) is 15.7. The van der Waals surface area contributed by atoms with Gasteiger partial charge in [-0.05, 0) is 37.5 Å². The molecule has 1 amide bonds. The summed E-state index contributed by atoms with van der Waals surface area (Å²) in [5, 5.41) is 7.70. The van der Waals surface area contributed by atoms with Gasteiger partial charge in [0.25, 0.3) is 5.91 Å². The minimum absolute atomic E-state index is 0.0692. The van der Waals surface area contributed by atoms with Gasteiger partial charge in [-0.1, -0.05) is 31.0 Å². The third-order valence-electron chi connectivity index (χ3n) is 6.56. The van der Waals surface area contributed by atoms with Gasteiger partial charge in [0.05, 0.1) is 18.5 Å². The lowest BCUT2D eigenvalue weighted by Gasteiger charge is -2.28. The number of aryl methyl sites for hydroxylation is 1. The molecule has 1 aromatic carbocycles. The lowest BCUT2D eigenvalue weighted by molar-refractivity contribution is 0.0943. The first kappa shape index (κ1) is 21.3. The highest BCUT2D eigenvalue weighted by atomic mass is 32.2. The van der Waals surface area contributed by atoms with Gasteiger partial charge in [0, 0.05) is 48.0 Å². The van der Waals surface area contributed by atoms with E-state index in [1.54, 1.807) is 18.0 Å². The van der Waals surface area contributed by atoms with Gasteiger partial charge in [0.15, 0.2) is 5.69 Å². The molecule has 1 saturated carbocycles. The SMILES string of the molecule is Cn1nc(C(=O)NCCCN(Cc2ccco2)C2CCCC2)c2c1-c1ccccc1SC2. The van der Waals surface area contributed by atoms with Gasteiger partial charge in [-0.3, -0.25) is 14.4 Å². The van der Waals surface area contributed by atoms with Crippen molar-refractivity contribution in [3.05, 3.63) is 59.7 Å². The molecular weight excluding hydrogens is 420 g/mol. The van der Waals surface area contributed by atoms with Crippen LogP contribution in [-0.4, -0.2) is 39.7 Å². The first-order valence-electron chi connectivity index (χ1n) is 11.5. The van der Waals surface area contributed by atoms with Crippen molar-refractivity contribution in [3.63, 3.8) is 0 Å². The summed E-state index contributed by atoms with van der Waals surface area (Å²) in [5.74, 6) is 1.72. The van der Waals surface area contributed by atoms with Gasteiger partial charge in [0.1, 0.15) is 5.76 Å². The van der Waals surface area contributed by atoms with Crippen molar-refractivity contribution < 1.29 is 9.21 Å². The zero-order valence-corrected chi connectivity index (χ0v) is 19.4. The fourth-order valence-corrected chi connectivity index (χ4v) is 6.06. The monoisotopic (exact) mass is 450 g/mol. The lowest BCUT2D eigenvalue weighted by Crippen LogP contribution is -2.35. The normalized spacial score (nSPS) is 15.7. The highest BCUT2D eigenvalue weighted by Crippen LogP contribution is 2.42. The average molecular weight is 451 g/mol. The van der Waals surface area contributed by atoms with Gasteiger partial charge in [-0.15, -0.1) is 11.8 Å². The summed E-state index contributed by atoms with van der Waals surface area (Å²) in [5.41, 5.74) is 3.83. The smallest absolute Gasteiger partial charge is 0.272 e. The molecular formula is C25H30N4O2S. The molecule has 0 bridgehead atoms. The molecule has 32 heavy (non-hydrogen) atoms. The number of fused-ring (bicyclic) bond motifs is 3. The second-order valence-corrected chi connectivity index (χ2v) is 9.70. The molecule has 3 aromatic rings. The van der Waals surface area contributed by atoms with Gasteiger partial charge in [0.2, 0.25) is 0 Å². The summed E-state index contributed by atoms with van der Waals surface area (Å²) >= 11 is 1.78. The van der Waals surface area contributed by atoms with E-state index in [1.807, 2.05) is 29.9 Å². The van der Waals surface area contributed by atoms with E-state index in [-0.39, 0.29) is 5.91 Å². The molecule has 2 aromatic heterocycles. The largest absolute Gasteiger partial charge is 0.468 e. The zero-order chi connectivity index (χ0) is 21.9. The molecule has 1 fully saturated rings. The average Bonchev–Trinajstić information content (AvgIpc) is 3.57. The Kier molecular flexibility index (Phi) is 6.37. The number of thioether (sulfide) groups is 1. The van der Waals surface area contributed by atoms with Crippen molar-refractivity contribution in [2.45, 2.75) is 55.3 Å². The number of hydrogen-bond donors (Lipinski definition) is 1. The number of nitrogens with zero attached hydrogens (tertiary/aromatic N) is 3. The Morgan fingerprint density at radius 1 is 1.25 bits per heavy atom. The van der Waals surface area contributed by atoms with Crippen LogP contribution in [0.4, 0.5) is 0 Å². The maximum absolute atomic E-state index is 13.0. The molecule has 6 nitrogen and oxygen atoms in total. The Balaban J connectivity index is 1.20.